The average Bonchev–Trinajstić information content (AvgIpc) is 3.11. The molecule has 0 spiro atoms. The number of pyridine rings is 1. The van der Waals surface area contributed by atoms with Crippen molar-refractivity contribution in [3.8, 4) is 0 Å². The molecule has 2 aromatic heterocycles. The van der Waals surface area contributed by atoms with Gasteiger partial charge < -0.3 is 10.2 Å². The zero-order valence-electron chi connectivity index (χ0n) is 15.5. The average molecular weight is 442 g/mol. The molecule has 28 heavy (non-hydrogen) atoms. The third-order valence-electron chi connectivity index (χ3n) is 4.56. The van der Waals surface area contributed by atoms with Crippen LogP contribution < -0.4 is 10.2 Å². The minimum atomic E-state index is -0.125. The minimum Gasteiger partial charge on any atom is -0.353 e. The van der Waals surface area contributed by atoms with E-state index in [9.17, 15) is 9.59 Å². The van der Waals surface area contributed by atoms with Gasteiger partial charge >= 0.3 is 0 Å². The number of nitrogens with zero attached hydrogens (tertiary/aromatic N) is 4. The van der Waals surface area contributed by atoms with Crippen LogP contribution in [0, 0.1) is 6.92 Å². The summed E-state index contributed by atoms with van der Waals surface area (Å²) in [5.74, 6) is 0.509. The highest BCUT2D eigenvalue weighted by molar-refractivity contribution is 7.12. The lowest BCUT2D eigenvalue weighted by Gasteiger charge is -2.35. The van der Waals surface area contributed by atoms with Crippen molar-refractivity contribution in [2.24, 2.45) is 0 Å². The smallest absolute Gasteiger partial charge is 0.221 e. The number of nitrogens with one attached hydrogen (secondary N) is 1. The summed E-state index contributed by atoms with van der Waals surface area (Å²) in [6.07, 6.45) is 1.95. The molecule has 0 aromatic carbocycles. The number of aromatic nitrogens is 2. The van der Waals surface area contributed by atoms with Crippen LogP contribution in [-0.2, 0) is 4.79 Å². The molecule has 0 bridgehead atoms. The molecule has 150 valence electrons. The van der Waals surface area contributed by atoms with Gasteiger partial charge in [0, 0.05) is 45.3 Å². The predicted molar refractivity (Wildman–Crippen MR) is 112 cm³/mol. The Morgan fingerprint density at radius 2 is 1.96 bits per heavy atom. The van der Waals surface area contributed by atoms with Gasteiger partial charge in [-0.2, -0.15) is 0 Å². The Bertz CT molecular complexity index is 852. The van der Waals surface area contributed by atoms with Crippen LogP contribution in [0.1, 0.15) is 21.8 Å². The summed E-state index contributed by atoms with van der Waals surface area (Å²) in [7, 11) is 0. The van der Waals surface area contributed by atoms with Gasteiger partial charge in [0.15, 0.2) is 5.78 Å². The molecule has 2 aromatic rings. The van der Waals surface area contributed by atoms with Gasteiger partial charge in [0.2, 0.25) is 5.91 Å². The second kappa shape index (κ2) is 9.65. The molecule has 0 unspecified atom stereocenters. The van der Waals surface area contributed by atoms with Crippen LogP contribution in [-0.4, -0.2) is 65.8 Å². The van der Waals surface area contributed by atoms with Crippen molar-refractivity contribution in [3.63, 3.8) is 0 Å². The maximum absolute atomic E-state index is 12.1. The SMILES string of the molecule is Cc1ncsc1C(=O)CNC(=O)CCN1CCN(c2ncc(Cl)cc2Cl)CC1. The first-order chi connectivity index (χ1) is 13.4. The molecule has 1 saturated heterocycles. The third kappa shape index (κ3) is 5.41. The zero-order valence-corrected chi connectivity index (χ0v) is 17.8. The van der Waals surface area contributed by atoms with E-state index >= 15 is 0 Å². The zero-order chi connectivity index (χ0) is 20.1. The largest absolute Gasteiger partial charge is 0.353 e. The van der Waals surface area contributed by atoms with Crippen LogP contribution in [0.4, 0.5) is 5.82 Å². The van der Waals surface area contributed by atoms with Crippen molar-refractivity contribution >= 4 is 52.0 Å². The number of thiazole rings is 1. The molecular formula is C18H21Cl2N5O2S. The molecule has 0 radical (unpaired) electrons. The number of ketones is 1. The van der Waals surface area contributed by atoms with E-state index in [-0.39, 0.29) is 18.2 Å². The van der Waals surface area contributed by atoms with Crippen molar-refractivity contribution in [3.05, 3.63) is 38.4 Å². The molecule has 3 heterocycles. The van der Waals surface area contributed by atoms with Crippen LogP contribution >= 0.6 is 34.5 Å². The van der Waals surface area contributed by atoms with Gasteiger partial charge in [-0.3, -0.25) is 14.5 Å². The summed E-state index contributed by atoms with van der Waals surface area (Å²) in [5.41, 5.74) is 2.34. The second-order valence-electron chi connectivity index (χ2n) is 6.50. The number of hydrogen-bond acceptors (Lipinski definition) is 7. The molecule has 0 saturated carbocycles. The quantitative estimate of drug-likeness (QED) is 0.665. The lowest BCUT2D eigenvalue weighted by Crippen LogP contribution is -2.47. The molecule has 1 N–H and O–H groups in total. The van der Waals surface area contributed by atoms with Crippen LogP contribution in [0.3, 0.4) is 0 Å². The lowest BCUT2D eigenvalue weighted by molar-refractivity contribution is -0.121. The molecular weight excluding hydrogens is 421 g/mol. The number of hydrogen-bond donors (Lipinski definition) is 1. The molecule has 0 atom stereocenters. The molecule has 3 rings (SSSR count). The van der Waals surface area contributed by atoms with Crippen molar-refractivity contribution in [1.82, 2.24) is 20.2 Å². The number of piperazine rings is 1. The summed E-state index contributed by atoms with van der Waals surface area (Å²) in [5, 5.41) is 3.76. The number of carbonyl (C=O) groups excluding carboxylic acids is 2. The first-order valence-corrected chi connectivity index (χ1v) is 10.6. The summed E-state index contributed by atoms with van der Waals surface area (Å²) in [6, 6.07) is 1.69. The summed E-state index contributed by atoms with van der Waals surface area (Å²) in [6.45, 7) is 5.63. The number of halogens is 2. The van der Waals surface area contributed by atoms with E-state index in [0.717, 1.165) is 32.0 Å². The van der Waals surface area contributed by atoms with Gasteiger partial charge in [0.05, 0.1) is 32.7 Å². The maximum atomic E-state index is 12.1. The number of carbonyl (C=O) groups is 2. The molecule has 10 heteroatoms. The molecule has 7 nitrogen and oxygen atoms in total. The summed E-state index contributed by atoms with van der Waals surface area (Å²) in [4.78, 5) is 37.4. The monoisotopic (exact) mass is 441 g/mol. The molecule has 1 aliphatic heterocycles. The molecule has 1 aliphatic rings. The van der Waals surface area contributed by atoms with Gasteiger partial charge in [-0.15, -0.1) is 11.3 Å². The Morgan fingerprint density at radius 3 is 2.61 bits per heavy atom. The fraction of sp³-hybridized carbons (Fsp3) is 0.444. The number of rotatable bonds is 7. The number of anilines is 1. The minimum absolute atomic E-state index is 0.0103. The summed E-state index contributed by atoms with van der Waals surface area (Å²) >= 11 is 13.4. The van der Waals surface area contributed by atoms with Crippen molar-refractivity contribution < 1.29 is 9.59 Å². The van der Waals surface area contributed by atoms with Gasteiger partial charge in [-0.1, -0.05) is 23.2 Å². The Kier molecular flexibility index (Phi) is 7.23. The number of aryl methyl sites for hydroxylation is 1. The van der Waals surface area contributed by atoms with Crippen LogP contribution in [0.5, 0.6) is 0 Å². The lowest BCUT2D eigenvalue weighted by atomic mass is 10.2. The maximum Gasteiger partial charge on any atom is 0.221 e. The van der Waals surface area contributed by atoms with Crippen molar-refractivity contribution in [1.29, 1.82) is 0 Å². The fourth-order valence-corrected chi connectivity index (χ4v) is 4.24. The Balaban J connectivity index is 1.38. The van der Waals surface area contributed by atoms with E-state index in [1.807, 2.05) is 0 Å². The van der Waals surface area contributed by atoms with Crippen molar-refractivity contribution in [2.75, 3.05) is 44.2 Å². The van der Waals surface area contributed by atoms with E-state index in [1.54, 1.807) is 24.7 Å². The van der Waals surface area contributed by atoms with Crippen LogP contribution in [0.15, 0.2) is 17.8 Å². The van der Waals surface area contributed by atoms with E-state index in [4.69, 9.17) is 23.2 Å². The normalized spacial score (nSPS) is 14.9. The Morgan fingerprint density at radius 1 is 1.21 bits per heavy atom. The van der Waals surface area contributed by atoms with Crippen LogP contribution in [0.25, 0.3) is 0 Å². The third-order valence-corrected chi connectivity index (χ3v) is 6.01. The first kappa shape index (κ1) is 21.0. The van der Waals surface area contributed by atoms with Crippen LogP contribution in [0.2, 0.25) is 10.0 Å². The first-order valence-electron chi connectivity index (χ1n) is 8.92. The van der Waals surface area contributed by atoms with E-state index in [2.05, 4.69) is 25.1 Å². The molecule has 1 amide bonds. The standard InChI is InChI=1S/C18H21Cl2N5O2S/c1-12-17(28-11-23-12)15(26)10-21-16(27)2-3-24-4-6-25(7-5-24)18-14(20)8-13(19)9-22-18/h8-9,11H,2-7,10H2,1H3,(H,21,27). The van der Waals surface area contributed by atoms with Gasteiger partial charge in [0.25, 0.3) is 0 Å². The van der Waals surface area contributed by atoms with Gasteiger partial charge in [-0.05, 0) is 13.0 Å². The Hall–Kier alpha value is -1.74. The van der Waals surface area contributed by atoms with E-state index in [0.29, 0.717) is 33.6 Å². The number of Topliss-reactive ketones (excluding diaryl/α,β-unsaturated/α-hetero) is 1. The highest BCUT2D eigenvalue weighted by Crippen LogP contribution is 2.26. The fourth-order valence-electron chi connectivity index (χ4n) is 3.00. The van der Waals surface area contributed by atoms with Gasteiger partial charge in [-0.25, -0.2) is 9.97 Å². The van der Waals surface area contributed by atoms with E-state index in [1.165, 1.54) is 11.3 Å². The molecule has 1 fully saturated rings. The topological polar surface area (TPSA) is 78.4 Å². The van der Waals surface area contributed by atoms with Crippen molar-refractivity contribution in [2.45, 2.75) is 13.3 Å². The highest BCUT2D eigenvalue weighted by Gasteiger charge is 2.21. The Labute approximate surface area is 177 Å². The highest BCUT2D eigenvalue weighted by atomic mass is 35.5. The second-order valence-corrected chi connectivity index (χ2v) is 8.20. The summed E-state index contributed by atoms with van der Waals surface area (Å²) < 4.78 is 0. The number of amides is 1. The molecule has 0 aliphatic carbocycles. The van der Waals surface area contributed by atoms with Gasteiger partial charge in [0.1, 0.15) is 5.82 Å². The predicted octanol–water partition coefficient (Wildman–Crippen LogP) is 2.66. The van der Waals surface area contributed by atoms with E-state index < -0.39 is 0 Å².